The molecule has 0 bridgehead atoms. The third-order valence-corrected chi connectivity index (χ3v) is 2.34. The van der Waals surface area contributed by atoms with Crippen LogP contribution in [0.3, 0.4) is 0 Å². The van der Waals surface area contributed by atoms with Crippen molar-refractivity contribution < 1.29 is 4.79 Å². The fourth-order valence-corrected chi connectivity index (χ4v) is 1.48. The molecule has 0 aliphatic rings. The highest BCUT2D eigenvalue weighted by atomic mass is 35.5. The van der Waals surface area contributed by atoms with Gasteiger partial charge < -0.3 is 10.6 Å². The maximum Gasteiger partial charge on any atom is 0.238 e. The van der Waals surface area contributed by atoms with Crippen molar-refractivity contribution in [1.82, 2.24) is 5.32 Å². The molecule has 4 heteroatoms. The number of anilines is 1. The number of carbonyl (C=O) groups is 1. The van der Waals surface area contributed by atoms with Gasteiger partial charge in [-0.2, -0.15) is 0 Å². The van der Waals surface area contributed by atoms with Crippen LogP contribution in [0.2, 0.25) is 5.02 Å². The third kappa shape index (κ3) is 3.53. The second-order valence-corrected chi connectivity index (χ2v) is 3.67. The predicted molar refractivity (Wildman–Crippen MR) is 63.4 cm³/mol. The number of carbonyl (C=O) groups excluding carboxylic acids is 1. The fourth-order valence-electron chi connectivity index (χ4n) is 1.21. The van der Waals surface area contributed by atoms with Gasteiger partial charge in [-0.3, -0.25) is 4.79 Å². The van der Waals surface area contributed by atoms with Gasteiger partial charge in [0.25, 0.3) is 0 Å². The zero-order valence-electron chi connectivity index (χ0n) is 8.93. The Morgan fingerprint density at radius 2 is 2.20 bits per heavy atom. The van der Waals surface area contributed by atoms with Gasteiger partial charge in [-0.15, -0.1) is 0 Å². The first kappa shape index (κ1) is 12.0. The van der Waals surface area contributed by atoms with E-state index in [0.717, 1.165) is 12.1 Å². The van der Waals surface area contributed by atoms with Crippen molar-refractivity contribution in [3.8, 4) is 0 Å². The Labute approximate surface area is 94.8 Å². The van der Waals surface area contributed by atoms with Crippen LogP contribution >= 0.6 is 11.6 Å². The lowest BCUT2D eigenvalue weighted by molar-refractivity contribution is -0.115. The van der Waals surface area contributed by atoms with Crippen molar-refractivity contribution in [3.05, 3.63) is 28.8 Å². The van der Waals surface area contributed by atoms with Gasteiger partial charge in [0.1, 0.15) is 0 Å². The number of amides is 1. The molecule has 1 amide bonds. The summed E-state index contributed by atoms with van der Waals surface area (Å²) in [5.41, 5.74) is 1.66. The van der Waals surface area contributed by atoms with E-state index < -0.39 is 0 Å². The van der Waals surface area contributed by atoms with E-state index in [4.69, 9.17) is 11.6 Å². The standard InChI is InChI=1S/C11H15ClN2O/c1-3-13-7-10(15)14-11-8(2)5-4-6-9(11)12/h4-6,13H,3,7H2,1-2H3,(H,14,15). The van der Waals surface area contributed by atoms with Crippen molar-refractivity contribution in [1.29, 1.82) is 0 Å². The van der Waals surface area contributed by atoms with Gasteiger partial charge in [0.05, 0.1) is 17.3 Å². The lowest BCUT2D eigenvalue weighted by Crippen LogP contribution is -2.28. The van der Waals surface area contributed by atoms with Gasteiger partial charge in [-0.25, -0.2) is 0 Å². The summed E-state index contributed by atoms with van der Waals surface area (Å²) in [6, 6.07) is 5.53. The Bertz CT molecular complexity index is 332. The summed E-state index contributed by atoms with van der Waals surface area (Å²) in [5, 5.41) is 6.30. The number of likely N-dealkylation sites (N-methyl/N-ethyl adjacent to an activating group) is 1. The monoisotopic (exact) mass is 226 g/mol. The van der Waals surface area contributed by atoms with Crippen LogP contribution in [0.15, 0.2) is 18.2 Å². The molecule has 0 spiro atoms. The van der Waals surface area contributed by atoms with Crippen LogP contribution in [0.4, 0.5) is 5.69 Å². The minimum Gasteiger partial charge on any atom is -0.323 e. The minimum absolute atomic E-state index is 0.0759. The Balaban J connectivity index is 2.68. The van der Waals surface area contributed by atoms with E-state index in [1.807, 2.05) is 26.0 Å². The number of hydrogen-bond acceptors (Lipinski definition) is 2. The molecule has 0 aromatic heterocycles. The highest BCUT2D eigenvalue weighted by Gasteiger charge is 2.07. The number of aryl methyl sites for hydroxylation is 1. The quantitative estimate of drug-likeness (QED) is 0.827. The summed E-state index contributed by atoms with van der Waals surface area (Å²) in [4.78, 5) is 11.4. The van der Waals surface area contributed by atoms with Gasteiger partial charge in [0, 0.05) is 0 Å². The van der Waals surface area contributed by atoms with Gasteiger partial charge in [-0.05, 0) is 25.1 Å². The summed E-state index contributed by atoms with van der Waals surface area (Å²) in [5.74, 6) is -0.0759. The molecule has 0 saturated heterocycles. The normalized spacial score (nSPS) is 10.1. The van der Waals surface area contributed by atoms with Crippen LogP contribution in [0.25, 0.3) is 0 Å². The van der Waals surface area contributed by atoms with Gasteiger partial charge in [0.15, 0.2) is 0 Å². The Kier molecular flexibility index (Phi) is 4.59. The molecule has 0 fully saturated rings. The van der Waals surface area contributed by atoms with Crippen LogP contribution in [0, 0.1) is 6.92 Å². The summed E-state index contributed by atoms with van der Waals surface area (Å²) in [6.07, 6.45) is 0. The molecule has 15 heavy (non-hydrogen) atoms. The van der Waals surface area contributed by atoms with Gasteiger partial charge >= 0.3 is 0 Å². The zero-order chi connectivity index (χ0) is 11.3. The van der Waals surface area contributed by atoms with Crippen molar-refractivity contribution in [3.63, 3.8) is 0 Å². The van der Waals surface area contributed by atoms with Crippen molar-refractivity contribution in [2.45, 2.75) is 13.8 Å². The Morgan fingerprint density at radius 3 is 2.80 bits per heavy atom. The van der Waals surface area contributed by atoms with E-state index in [2.05, 4.69) is 10.6 Å². The smallest absolute Gasteiger partial charge is 0.238 e. The highest BCUT2D eigenvalue weighted by Crippen LogP contribution is 2.24. The SMILES string of the molecule is CCNCC(=O)Nc1c(C)cccc1Cl. The maximum absolute atomic E-state index is 11.4. The summed E-state index contributed by atoms with van der Waals surface area (Å²) >= 11 is 5.97. The minimum atomic E-state index is -0.0759. The van der Waals surface area contributed by atoms with Gasteiger partial charge in [-0.1, -0.05) is 30.7 Å². The number of rotatable bonds is 4. The summed E-state index contributed by atoms with van der Waals surface area (Å²) in [7, 11) is 0. The average Bonchev–Trinajstić information content (AvgIpc) is 2.21. The fraction of sp³-hybridized carbons (Fsp3) is 0.364. The van der Waals surface area contributed by atoms with E-state index in [9.17, 15) is 4.79 Å². The zero-order valence-corrected chi connectivity index (χ0v) is 9.69. The first-order chi connectivity index (χ1) is 7.15. The summed E-state index contributed by atoms with van der Waals surface area (Å²) < 4.78 is 0. The number of para-hydroxylation sites is 1. The summed E-state index contributed by atoms with van der Waals surface area (Å²) in [6.45, 7) is 4.94. The molecule has 1 aromatic rings. The molecular weight excluding hydrogens is 212 g/mol. The number of halogens is 1. The van der Waals surface area contributed by atoms with E-state index >= 15 is 0 Å². The Morgan fingerprint density at radius 1 is 1.47 bits per heavy atom. The van der Waals surface area contributed by atoms with Crippen molar-refractivity contribution in [2.75, 3.05) is 18.4 Å². The maximum atomic E-state index is 11.4. The number of nitrogens with one attached hydrogen (secondary N) is 2. The molecule has 3 nitrogen and oxygen atoms in total. The van der Waals surface area contributed by atoms with E-state index in [-0.39, 0.29) is 5.91 Å². The molecule has 1 aromatic carbocycles. The molecule has 0 aliphatic carbocycles. The molecule has 0 saturated carbocycles. The van der Waals surface area contributed by atoms with Crippen molar-refractivity contribution >= 4 is 23.2 Å². The molecule has 82 valence electrons. The average molecular weight is 227 g/mol. The molecule has 1 rings (SSSR count). The van der Waals surface area contributed by atoms with Crippen LogP contribution < -0.4 is 10.6 Å². The molecule has 0 unspecified atom stereocenters. The molecule has 0 heterocycles. The molecular formula is C11H15ClN2O. The topological polar surface area (TPSA) is 41.1 Å². The first-order valence-electron chi connectivity index (χ1n) is 4.90. The highest BCUT2D eigenvalue weighted by molar-refractivity contribution is 6.33. The molecule has 0 atom stereocenters. The Hall–Kier alpha value is -1.06. The molecule has 2 N–H and O–H groups in total. The van der Waals surface area contributed by atoms with Gasteiger partial charge in [0.2, 0.25) is 5.91 Å². The van der Waals surface area contributed by atoms with Crippen LogP contribution in [-0.2, 0) is 4.79 Å². The van der Waals surface area contributed by atoms with E-state index in [1.54, 1.807) is 6.07 Å². The van der Waals surface area contributed by atoms with Crippen LogP contribution in [0.5, 0.6) is 0 Å². The largest absolute Gasteiger partial charge is 0.323 e. The van der Waals surface area contributed by atoms with Crippen LogP contribution in [-0.4, -0.2) is 19.0 Å². The number of benzene rings is 1. The second-order valence-electron chi connectivity index (χ2n) is 3.26. The third-order valence-electron chi connectivity index (χ3n) is 2.02. The van der Waals surface area contributed by atoms with Crippen molar-refractivity contribution in [2.24, 2.45) is 0 Å². The molecule has 0 aliphatic heterocycles. The lowest BCUT2D eigenvalue weighted by atomic mass is 10.2. The lowest BCUT2D eigenvalue weighted by Gasteiger charge is -2.10. The van der Waals surface area contributed by atoms with E-state index in [0.29, 0.717) is 17.3 Å². The number of hydrogen-bond donors (Lipinski definition) is 2. The predicted octanol–water partition coefficient (Wildman–Crippen LogP) is 2.20. The second kappa shape index (κ2) is 5.73. The molecule has 0 radical (unpaired) electrons. The first-order valence-corrected chi connectivity index (χ1v) is 5.28. The van der Waals surface area contributed by atoms with E-state index in [1.165, 1.54) is 0 Å². The van der Waals surface area contributed by atoms with Crippen LogP contribution in [0.1, 0.15) is 12.5 Å².